The van der Waals surface area contributed by atoms with E-state index in [0.29, 0.717) is 0 Å². The molecule has 20 heavy (non-hydrogen) atoms. The van der Waals surface area contributed by atoms with Crippen LogP contribution >= 0.6 is 0 Å². The Morgan fingerprint density at radius 2 is 1.75 bits per heavy atom. The molecule has 2 rings (SSSR count). The van der Waals surface area contributed by atoms with Crippen LogP contribution in [0.1, 0.15) is 33.3 Å². The maximum Gasteiger partial charge on any atom is 0.487 e. The molecule has 1 aliphatic rings. The van der Waals surface area contributed by atoms with E-state index in [1.54, 1.807) is 24.2 Å². The first-order valence-electron chi connectivity index (χ1n) is 6.62. The minimum absolute atomic E-state index is 0.234. The second-order valence-corrected chi connectivity index (χ2v) is 5.88. The van der Waals surface area contributed by atoms with Gasteiger partial charge in [-0.2, -0.15) is 0 Å². The van der Waals surface area contributed by atoms with Gasteiger partial charge >= 0.3 is 7.12 Å². The summed E-state index contributed by atoms with van der Waals surface area (Å²) in [5.41, 5.74) is -0.00151. The first-order valence-corrected chi connectivity index (χ1v) is 6.62. The third kappa shape index (κ3) is 2.89. The van der Waals surface area contributed by atoms with Gasteiger partial charge in [0.15, 0.2) is 11.6 Å². The summed E-state index contributed by atoms with van der Waals surface area (Å²) in [6.07, 6.45) is 1.78. The normalized spacial score (nSPS) is 20.6. The molecule has 0 saturated carbocycles. The summed E-state index contributed by atoms with van der Waals surface area (Å²) < 4.78 is 30.1. The van der Waals surface area contributed by atoms with Crippen molar-refractivity contribution in [2.45, 2.75) is 38.9 Å². The highest BCUT2D eigenvalue weighted by atomic mass is 19.1. The molecule has 0 bridgehead atoms. The molecule has 0 unspecified atom stereocenters. The first kappa shape index (κ1) is 15.1. The van der Waals surface area contributed by atoms with Crippen molar-refractivity contribution in [3.63, 3.8) is 0 Å². The molecule has 0 radical (unpaired) electrons. The Hall–Kier alpha value is -1.33. The summed E-state index contributed by atoms with van der Waals surface area (Å²) in [7, 11) is 1.02. The predicted octanol–water partition coefficient (Wildman–Crippen LogP) is 3.48. The number of rotatable bonds is 3. The molecule has 3 nitrogen and oxygen atoms in total. The fourth-order valence-corrected chi connectivity index (χ4v) is 1.94. The molecular formula is C15H20BFO3. The van der Waals surface area contributed by atoms with Crippen molar-refractivity contribution in [3.8, 4) is 5.75 Å². The number of hydrogen-bond donors (Lipinski definition) is 0. The van der Waals surface area contributed by atoms with Crippen molar-refractivity contribution in [2.24, 2.45) is 0 Å². The van der Waals surface area contributed by atoms with Crippen LogP contribution in [-0.2, 0) is 9.31 Å². The topological polar surface area (TPSA) is 27.7 Å². The Morgan fingerprint density at radius 3 is 2.25 bits per heavy atom. The Balaban J connectivity index is 2.10. The second kappa shape index (κ2) is 5.22. The van der Waals surface area contributed by atoms with E-state index >= 15 is 0 Å². The molecule has 1 saturated heterocycles. The zero-order chi connectivity index (χ0) is 15.0. The highest BCUT2D eigenvalue weighted by Gasteiger charge is 2.49. The number of methoxy groups -OCH3 is 1. The molecule has 0 amide bonds. The monoisotopic (exact) mass is 278 g/mol. The maximum atomic E-state index is 13.6. The van der Waals surface area contributed by atoms with Crippen LogP contribution < -0.4 is 4.74 Å². The SMILES string of the molecule is COc1ccc(C=CB2OC(C)(C)C(C)(C)O2)cc1F. The molecule has 1 aliphatic heterocycles. The molecule has 0 spiro atoms. The molecular weight excluding hydrogens is 258 g/mol. The largest absolute Gasteiger partial charge is 0.494 e. The maximum absolute atomic E-state index is 13.6. The fourth-order valence-electron chi connectivity index (χ4n) is 1.94. The van der Waals surface area contributed by atoms with Gasteiger partial charge in [-0.15, -0.1) is 0 Å². The van der Waals surface area contributed by atoms with Crippen LogP contribution in [0.2, 0.25) is 0 Å². The van der Waals surface area contributed by atoms with Crippen LogP contribution in [-0.4, -0.2) is 25.4 Å². The van der Waals surface area contributed by atoms with Gasteiger partial charge in [-0.25, -0.2) is 4.39 Å². The van der Waals surface area contributed by atoms with Gasteiger partial charge in [-0.05, 0) is 45.4 Å². The van der Waals surface area contributed by atoms with Gasteiger partial charge in [0.25, 0.3) is 0 Å². The van der Waals surface area contributed by atoms with E-state index in [0.717, 1.165) is 5.56 Å². The van der Waals surface area contributed by atoms with Gasteiger partial charge in [0.05, 0.1) is 18.3 Å². The predicted molar refractivity (Wildman–Crippen MR) is 78.1 cm³/mol. The highest BCUT2D eigenvalue weighted by Crippen LogP contribution is 2.37. The van der Waals surface area contributed by atoms with Crippen molar-refractivity contribution in [3.05, 3.63) is 35.6 Å². The summed E-state index contributed by atoms with van der Waals surface area (Å²) in [5, 5.41) is 0. The summed E-state index contributed by atoms with van der Waals surface area (Å²) >= 11 is 0. The number of halogens is 1. The molecule has 108 valence electrons. The van der Waals surface area contributed by atoms with Gasteiger partial charge < -0.3 is 14.0 Å². The zero-order valence-corrected chi connectivity index (χ0v) is 12.6. The van der Waals surface area contributed by atoms with Crippen LogP contribution in [0.4, 0.5) is 4.39 Å². The van der Waals surface area contributed by atoms with Crippen LogP contribution in [0.15, 0.2) is 24.2 Å². The van der Waals surface area contributed by atoms with Gasteiger partial charge in [-0.3, -0.25) is 0 Å². The van der Waals surface area contributed by atoms with E-state index in [9.17, 15) is 4.39 Å². The third-order valence-corrected chi connectivity index (χ3v) is 3.89. The van der Waals surface area contributed by atoms with Crippen molar-refractivity contribution in [1.82, 2.24) is 0 Å². The van der Waals surface area contributed by atoms with Gasteiger partial charge in [-0.1, -0.05) is 18.1 Å². The van der Waals surface area contributed by atoms with Crippen LogP contribution in [0.3, 0.4) is 0 Å². The summed E-state index contributed by atoms with van der Waals surface area (Å²) in [6, 6.07) is 4.80. The smallest absolute Gasteiger partial charge is 0.487 e. The molecule has 1 fully saturated rings. The average molecular weight is 278 g/mol. The van der Waals surface area contributed by atoms with Crippen LogP contribution in [0.25, 0.3) is 6.08 Å². The van der Waals surface area contributed by atoms with E-state index in [2.05, 4.69) is 0 Å². The van der Waals surface area contributed by atoms with E-state index in [1.165, 1.54) is 13.2 Å². The highest BCUT2D eigenvalue weighted by molar-refractivity contribution is 6.52. The number of benzene rings is 1. The molecule has 0 N–H and O–H groups in total. The van der Waals surface area contributed by atoms with Crippen LogP contribution in [0.5, 0.6) is 5.75 Å². The zero-order valence-electron chi connectivity index (χ0n) is 12.6. The molecule has 0 atom stereocenters. The van der Waals surface area contributed by atoms with E-state index < -0.39 is 7.12 Å². The number of ether oxygens (including phenoxy) is 1. The lowest BCUT2D eigenvalue weighted by molar-refractivity contribution is 0.00578. The van der Waals surface area contributed by atoms with Crippen molar-refractivity contribution in [2.75, 3.05) is 7.11 Å². The summed E-state index contributed by atoms with van der Waals surface area (Å²) in [5.74, 6) is 1.64. The lowest BCUT2D eigenvalue weighted by Crippen LogP contribution is -2.41. The quantitative estimate of drug-likeness (QED) is 0.792. The minimum atomic E-state index is -0.426. The van der Waals surface area contributed by atoms with E-state index in [1.807, 2.05) is 27.7 Å². The van der Waals surface area contributed by atoms with E-state index in [4.69, 9.17) is 14.0 Å². The van der Waals surface area contributed by atoms with Gasteiger partial charge in [0, 0.05) is 0 Å². The first-order chi connectivity index (χ1) is 9.25. The average Bonchev–Trinajstić information content (AvgIpc) is 2.55. The summed E-state index contributed by atoms with van der Waals surface area (Å²) in [6.45, 7) is 7.98. The molecule has 5 heteroatoms. The van der Waals surface area contributed by atoms with Gasteiger partial charge in [0.1, 0.15) is 0 Å². The molecule has 0 aromatic heterocycles. The minimum Gasteiger partial charge on any atom is -0.494 e. The van der Waals surface area contributed by atoms with Crippen molar-refractivity contribution >= 4 is 13.2 Å². The Bertz CT molecular complexity index is 510. The standard InChI is InChI=1S/C15H20BFO3/c1-14(2)15(3,4)20-16(19-14)9-8-11-6-7-13(18-5)12(17)10-11/h6-10H,1-5H3. The molecule has 1 aromatic rings. The Kier molecular flexibility index (Phi) is 3.94. The lowest BCUT2D eigenvalue weighted by Gasteiger charge is -2.32. The molecule has 1 heterocycles. The van der Waals surface area contributed by atoms with Crippen LogP contribution in [0, 0.1) is 5.82 Å². The Labute approximate surface area is 119 Å². The van der Waals surface area contributed by atoms with E-state index in [-0.39, 0.29) is 22.8 Å². The summed E-state index contributed by atoms with van der Waals surface area (Å²) in [4.78, 5) is 0. The van der Waals surface area contributed by atoms with Gasteiger partial charge in [0.2, 0.25) is 0 Å². The lowest BCUT2D eigenvalue weighted by atomic mass is 9.89. The Morgan fingerprint density at radius 1 is 1.15 bits per heavy atom. The van der Waals surface area contributed by atoms with Crippen molar-refractivity contribution < 1.29 is 18.4 Å². The third-order valence-electron chi connectivity index (χ3n) is 3.89. The second-order valence-electron chi connectivity index (χ2n) is 5.88. The fraction of sp³-hybridized carbons (Fsp3) is 0.467. The molecule has 1 aromatic carbocycles. The number of hydrogen-bond acceptors (Lipinski definition) is 3. The molecule has 0 aliphatic carbocycles. The van der Waals surface area contributed by atoms with Crippen molar-refractivity contribution in [1.29, 1.82) is 0 Å².